The van der Waals surface area contributed by atoms with Gasteiger partial charge in [0.25, 0.3) is 5.91 Å². The third-order valence-electron chi connectivity index (χ3n) is 5.94. The summed E-state index contributed by atoms with van der Waals surface area (Å²) in [5.41, 5.74) is 2.50. The fourth-order valence-corrected chi connectivity index (χ4v) is 4.20. The van der Waals surface area contributed by atoms with E-state index in [1.54, 1.807) is 24.3 Å². The lowest BCUT2D eigenvalue weighted by molar-refractivity contribution is -0.142. The summed E-state index contributed by atoms with van der Waals surface area (Å²) in [5, 5.41) is 6.17. The van der Waals surface area contributed by atoms with Gasteiger partial charge in [-0.1, -0.05) is 23.7 Å². The van der Waals surface area contributed by atoms with E-state index in [2.05, 4.69) is 22.8 Å². The number of carbonyl (C=O) groups is 3. The third kappa shape index (κ3) is 7.09. The van der Waals surface area contributed by atoms with Crippen molar-refractivity contribution in [3.05, 3.63) is 64.7 Å². The van der Waals surface area contributed by atoms with Gasteiger partial charge in [0.2, 0.25) is 5.91 Å². The van der Waals surface area contributed by atoms with Crippen molar-refractivity contribution in [1.82, 2.24) is 5.32 Å². The molecule has 0 spiro atoms. The van der Waals surface area contributed by atoms with Crippen molar-refractivity contribution in [3.63, 3.8) is 0 Å². The van der Waals surface area contributed by atoms with Crippen LogP contribution in [0.5, 0.6) is 0 Å². The van der Waals surface area contributed by atoms with Crippen molar-refractivity contribution in [1.29, 1.82) is 0 Å². The summed E-state index contributed by atoms with van der Waals surface area (Å²) in [6.07, 6.45) is 4.86. The van der Waals surface area contributed by atoms with Gasteiger partial charge >= 0.3 is 5.97 Å². The van der Waals surface area contributed by atoms with Crippen LogP contribution in [-0.2, 0) is 14.3 Å². The molecule has 2 aromatic carbocycles. The zero-order valence-corrected chi connectivity index (χ0v) is 19.0. The molecule has 0 aromatic heterocycles. The molecule has 2 N–H and O–H groups in total. The number of halogens is 1. The number of ether oxygens (including phenoxy) is 1. The molecule has 2 aromatic rings. The smallest absolute Gasteiger partial charge is 0.305 e. The van der Waals surface area contributed by atoms with Crippen LogP contribution in [-0.4, -0.2) is 31.4 Å². The van der Waals surface area contributed by atoms with Crippen LogP contribution in [0, 0.1) is 5.92 Å². The highest BCUT2D eigenvalue weighted by atomic mass is 35.5. The Bertz CT molecular complexity index is 920. The van der Waals surface area contributed by atoms with Crippen LogP contribution in [0.3, 0.4) is 0 Å². The average Bonchev–Trinajstić information content (AvgIpc) is 2.80. The molecule has 6 nitrogen and oxygen atoms in total. The van der Waals surface area contributed by atoms with E-state index in [-0.39, 0.29) is 30.7 Å². The molecule has 0 saturated heterocycles. The SMILES string of the molecule is COC(=O)C[C@H]1CC[C@H](c2ccc(NC(=O)CCNC(=O)c3ccc(Cl)cc3)cc2)CC1. The largest absolute Gasteiger partial charge is 0.469 e. The normalized spacial score (nSPS) is 17.9. The van der Waals surface area contributed by atoms with E-state index < -0.39 is 0 Å². The number of methoxy groups -OCH3 is 1. The maximum atomic E-state index is 12.2. The Morgan fingerprint density at radius 2 is 1.62 bits per heavy atom. The molecule has 2 amide bonds. The Morgan fingerprint density at radius 1 is 0.969 bits per heavy atom. The van der Waals surface area contributed by atoms with Crippen molar-refractivity contribution in [2.45, 2.75) is 44.4 Å². The van der Waals surface area contributed by atoms with E-state index in [9.17, 15) is 14.4 Å². The number of esters is 1. The van der Waals surface area contributed by atoms with Crippen molar-refractivity contribution < 1.29 is 19.1 Å². The lowest BCUT2D eigenvalue weighted by Gasteiger charge is -2.28. The van der Waals surface area contributed by atoms with E-state index in [1.807, 2.05) is 12.1 Å². The minimum atomic E-state index is -0.236. The first kappa shape index (κ1) is 23.8. The van der Waals surface area contributed by atoms with Crippen molar-refractivity contribution in [2.75, 3.05) is 19.0 Å². The molecule has 32 heavy (non-hydrogen) atoms. The predicted molar refractivity (Wildman–Crippen MR) is 125 cm³/mol. The Balaban J connectivity index is 1.39. The third-order valence-corrected chi connectivity index (χ3v) is 6.19. The Labute approximate surface area is 193 Å². The molecule has 170 valence electrons. The maximum absolute atomic E-state index is 12.2. The zero-order valence-electron chi connectivity index (χ0n) is 18.2. The molecule has 0 bridgehead atoms. The molecule has 1 aliphatic rings. The van der Waals surface area contributed by atoms with Gasteiger partial charge in [-0.05, 0) is 79.5 Å². The van der Waals surface area contributed by atoms with Crippen molar-refractivity contribution in [2.24, 2.45) is 5.92 Å². The van der Waals surface area contributed by atoms with E-state index in [1.165, 1.54) is 12.7 Å². The zero-order chi connectivity index (χ0) is 22.9. The van der Waals surface area contributed by atoms with Gasteiger partial charge < -0.3 is 15.4 Å². The summed E-state index contributed by atoms with van der Waals surface area (Å²) >= 11 is 5.82. The first-order chi connectivity index (χ1) is 15.4. The predicted octanol–water partition coefficient (Wildman–Crippen LogP) is 4.94. The first-order valence-electron chi connectivity index (χ1n) is 10.9. The highest BCUT2D eigenvalue weighted by Crippen LogP contribution is 2.37. The fraction of sp³-hybridized carbons (Fsp3) is 0.400. The van der Waals surface area contributed by atoms with Gasteiger partial charge in [0.1, 0.15) is 0 Å². The number of hydrogen-bond donors (Lipinski definition) is 2. The summed E-state index contributed by atoms with van der Waals surface area (Å²) in [6.45, 7) is 0.250. The van der Waals surface area contributed by atoms with Gasteiger partial charge in [0, 0.05) is 35.7 Å². The minimum Gasteiger partial charge on any atom is -0.469 e. The van der Waals surface area contributed by atoms with Crippen LogP contribution in [0.15, 0.2) is 48.5 Å². The maximum Gasteiger partial charge on any atom is 0.305 e. The number of rotatable bonds is 8. The van der Waals surface area contributed by atoms with Gasteiger partial charge in [-0.2, -0.15) is 0 Å². The summed E-state index contributed by atoms with van der Waals surface area (Å²) in [6, 6.07) is 14.5. The number of hydrogen-bond acceptors (Lipinski definition) is 4. The average molecular weight is 457 g/mol. The number of amides is 2. The Morgan fingerprint density at radius 3 is 2.25 bits per heavy atom. The number of nitrogens with one attached hydrogen (secondary N) is 2. The number of carbonyl (C=O) groups excluding carboxylic acids is 3. The molecule has 0 aliphatic heterocycles. The summed E-state index contributed by atoms with van der Waals surface area (Å²) in [4.78, 5) is 35.7. The molecule has 0 unspecified atom stereocenters. The molecule has 0 radical (unpaired) electrons. The van der Waals surface area contributed by atoms with E-state index in [0.29, 0.717) is 28.8 Å². The quantitative estimate of drug-likeness (QED) is 0.551. The van der Waals surface area contributed by atoms with E-state index in [4.69, 9.17) is 16.3 Å². The van der Waals surface area contributed by atoms with Crippen LogP contribution < -0.4 is 10.6 Å². The van der Waals surface area contributed by atoms with Gasteiger partial charge in [-0.25, -0.2) is 0 Å². The molecule has 3 rings (SSSR count). The molecule has 1 aliphatic carbocycles. The molecule has 0 heterocycles. The second-order valence-electron chi connectivity index (χ2n) is 8.18. The van der Waals surface area contributed by atoms with Gasteiger partial charge in [-0.3, -0.25) is 14.4 Å². The highest BCUT2D eigenvalue weighted by molar-refractivity contribution is 6.30. The van der Waals surface area contributed by atoms with Crippen LogP contribution in [0.2, 0.25) is 5.02 Å². The fourth-order valence-electron chi connectivity index (χ4n) is 4.07. The number of anilines is 1. The number of benzene rings is 2. The molecular weight excluding hydrogens is 428 g/mol. The lowest BCUT2D eigenvalue weighted by Crippen LogP contribution is -2.27. The Hall–Kier alpha value is -2.86. The molecule has 1 saturated carbocycles. The van der Waals surface area contributed by atoms with Crippen LogP contribution >= 0.6 is 11.6 Å². The topological polar surface area (TPSA) is 84.5 Å². The van der Waals surface area contributed by atoms with Crippen LogP contribution in [0.25, 0.3) is 0 Å². The van der Waals surface area contributed by atoms with Gasteiger partial charge in [0.05, 0.1) is 7.11 Å². The first-order valence-corrected chi connectivity index (χ1v) is 11.3. The highest BCUT2D eigenvalue weighted by Gasteiger charge is 2.24. The van der Waals surface area contributed by atoms with Crippen molar-refractivity contribution in [3.8, 4) is 0 Å². The molecule has 7 heteroatoms. The molecular formula is C25H29ClN2O4. The minimum absolute atomic E-state index is 0.127. The van der Waals surface area contributed by atoms with Crippen LogP contribution in [0.1, 0.15) is 60.4 Å². The Kier molecular flexibility index (Phi) is 8.68. The summed E-state index contributed by atoms with van der Waals surface area (Å²) in [5.74, 6) is 0.380. The van der Waals surface area contributed by atoms with Gasteiger partial charge in [-0.15, -0.1) is 0 Å². The monoisotopic (exact) mass is 456 g/mol. The lowest BCUT2D eigenvalue weighted by atomic mass is 9.77. The van der Waals surface area contributed by atoms with Crippen molar-refractivity contribution >= 4 is 35.1 Å². The molecule has 1 fully saturated rings. The second kappa shape index (κ2) is 11.7. The summed E-state index contributed by atoms with van der Waals surface area (Å²) in [7, 11) is 1.44. The van der Waals surface area contributed by atoms with Crippen LogP contribution in [0.4, 0.5) is 5.69 Å². The second-order valence-corrected chi connectivity index (χ2v) is 8.62. The van der Waals surface area contributed by atoms with E-state index >= 15 is 0 Å². The summed E-state index contributed by atoms with van der Waals surface area (Å²) < 4.78 is 4.77. The molecule has 0 atom stereocenters. The van der Waals surface area contributed by atoms with Gasteiger partial charge in [0.15, 0.2) is 0 Å². The standard InChI is InChI=1S/C25H29ClN2O4/c1-32-24(30)16-17-2-4-18(5-3-17)19-8-12-22(13-9-19)28-23(29)14-15-27-25(31)20-6-10-21(26)11-7-20/h6-13,17-18H,2-5,14-16H2,1H3,(H,27,31)(H,28,29)/t17-,18-. The van der Waals surface area contributed by atoms with E-state index in [0.717, 1.165) is 31.4 Å².